The third-order valence-corrected chi connectivity index (χ3v) is 7.18. The third kappa shape index (κ3) is 8.38. The number of unbranched alkanes of at least 4 members (excludes halogenated alkanes) is 1. The van der Waals surface area contributed by atoms with Crippen molar-refractivity contribution in [3.05, 3.63) is 106 Å². The molecule has 0 aliphatic heterocycles. The molecule has 0 saturated carbocycles. The van der Waals surface area contributed by atoms with Gasteiger partial charge in [-0.25, -0.2) is 4.39 Å². The number of amides is 2. The maximum atomic E-state index is 14.6. The number of nitrogens with one attached hydrogen (secondary N) is 1. The number of rotatable bonds is 13. The lowest BCUT2D eigenvalue weighted by atomic mass is 10.0. The maximum absolute atomic E-state index is 14.6. The SMILES string of the molecule is CCCCNC(=O)C(Cc1ccccc1)N(Cc1ccccc1F)C(=O)CSCc1ccccc1Cl. The van der Waals surface area contributed by atoms with E-state index in [-0.39, 0.29) is 24.1 Å². The van der Waals surface area contributed by atoms with E-state index in [0.717, 1.165) is 24.0 Å². The second-order valence-electron chi connectivity index (χ2n) is 8.55. The summed E-state index contributed by atoms with van der Waals surface area (Å²) in [6.45, 7) is 2.60. The van der Waals surface area contributed by atoms with Gasteiger partial charge >= 0.3 is 0 Å². The molecule has 0 spiro atoms. The van der Waals surface area contributed by atoms with Crippen molar-refractivity contribution in [2.75, 3.05) is 12.3 Å². The smallest absolute Gasteiger partial charge is 0.243 e. The highest BCUT2D eigenvalue weighted by Gasteiger charge is 2.30. The van der Waals surface area contributed by atoms with Gasteiger partial charge in [-0.3, -0.25) is 9.59 Å². The molecule has 2 amide bonds. The Morgan fingerprint density at radius 2 is 1.64 bits per heavy atom. The second-order valence-corrected chi connectivity index (χ2v) is 9.94. The van der Waals surface area contributed by atoms with E-state index in [1.54, 1.807) is 18.2 Å². The van der Waals surface area contributed by atoms with Crippen LogP contribution in [0.3, 0.4) is 0 Å². The number of thioether (sulfide) groups is 1. The third-order valence-electron chi connectivity index (χ3n) is 5.84. The maximum Gasteiger partial charge on any atom is 0.243 e. The number of hydrogen-bond donors (Lipinski definition) is 1. The second kappa shape index (κ2) is 14.7. The van der Waals surface area contributed by atoms with Crippen molar-refractivity contribution in [2.24, 2.45) is 0 Å². The molecule has 3 aromatic rings. The van der Waals surface area contributed by atoms with Crippen molar-refractivity contribution in [1.29, 1.82) is 0 Å². The molecule has 0 heterocycles. The van der Waals surface area contributed by atoms with E-state index in [4.69, 9.17) is 11.6 Å². The molecular formula is C29H32ClFN2O2S. The molecule has 0 fully saturated rings. The Hall–Kier alpha value is -2.83. The van der Waals surface area contributed by atoms with Crippen LogP contribution in [0, 0.1) is 5.82 Å². The van der Waals surface area contributed by atoms with Crippen LogP contribution in [0.1, 0.15) is 36.5 Å². The lowest BCUT2D eigenvalue weighted by Crippen LogP contribution is -2.51. The Morgan fingerprint density at radius 1 is 0.972 bits per heavy atom. The quantitative estimate of drug-likeness (QED) is 0.267. The molecule has 1 atom stereocenters. The van der Waals surface area contributed by atoms with E-state index < -0.39 is 11.9 Å². The number of hydrogen-bond acceptors (Lipinski definition) is 3. The zero-order valence-electron chi connectivity index (χ0n) is 20.5. The number of carbonyl (C=O) groups is 2. The molecule has 4 nitrogen and oxygen atoms in total. The Bertz CT molecular complexity index is 1130. The summed E-state index contributed by atoms with van der Waals surface area (Å²) < 4.78 is 14.6. The summed E-state index contributed by atoms with van der Waals surface area (Å²) in [5.74, 6) is -0.142. The molecule has 0 aliphatic carbocycles. The van der Waals surface area contributed by atoms with Crippen molar-refractivity contribution < 1.29 is 14.0 Å². The van der Waals surface area contributed by atoms with Gasteiger partial charge in [0.2, 0.25) is 11.8 Å². The van der Waals surface area contributed by atoms with Crippen LogP contribution in [-0.4, -0.2) is 35.1 Å². The van der Waals surface area contributed by atoms with Gasteiger partial charge in [-0.15, -0.1) is 11.8 Å². The van der Waals surface area contributed by atoms with Crippen molar-refractivity contribution >= 4 is 35.2 Å². The first-order valence-electron chi connectivity index (χ1n) is 12.1. The average Bonchev–Trinajstić information content (AvgIpc) is 2.89. The Morgan fingerprint density at radius 3 is 2.33 bits per heavy atom. The highest BCUT2D eigenvalue weighted by Crippen LogP contribution is 2.23. The largest absolute Gasteiger partial charge is 0.354 e. The molecule has 0 aromatic heterocycles. The van der Waals surface area contributed by atoms with Gasteiger partial charge in [-0.1, -0.05) is 91.7 Å². The summed E-state index contributed by atoms with van der Waals surface area (Å²) in [6.07, 6.45) is 2.13. The van der Waals surface area contributed by atoms with Crippen LogP contribution in [0.2, 0.25) is 5.02 Å². The molecule has 7 heteroatoms. The van der Waals surface area contributed by atoms with Gasteiger partial charge in [0.1, 0.15) is 11.9 Å². The highest BCUT2D eigenvalue weighted by molar-refractivity contribution is 7.99. The molecular weight excluding hydrogens is 495 g/mol. The monoisotopic (exact) mass is 526 g/mol. The Kier molecular flexibility index (Phi) is 11.3. The van der Waals surface area contributed by atoms with Crippen molar-refractivity contribution in [1.82, 2.24) is 10.2 Å². The minimum atomic E-state index is -0.766. The van der Waals surface area contributed by atoms with Crippen LogP contribution < -0.4 is 5.32 Å². The molecule has 36 heavy (non-hydrogen) atoms. The lowest BCUT2D eigenvalue weighted by molar-refractivity contribution is -0.139. The zero-order valence-corrected chi connectivity index (χ0v) is 22.0. The minimum absolute atomic E-state index is 0.0108. The van der Waals surface area contributed by atoms with E-state index in [0.29, 0.717) is 29.3 Å². The van der Waals surface area contributed by atoms with E-state index in [1.165, 1.54) is 22.7 Å². The van der Waals surface area contributed by atoms with Crippen LogP contribution >= 0.6 is 23.4 Å². The van der Waals surface area contributed by atoms with Crippen LogP contribution in [0.5, 0.6) is 0 Å². The van der Waals surface area contributed by atoms with Crippen LogP contribution in [0.15, 0.2) is 78.9 Å². The summed E-state index contributed by atoms with van der Waals surface area (Å²) in [4.78, 5) is 28.5. The summed E-state index contributed by atoms with van der Waals surface area (Å²) in [7, 11) is 0. The van der Waals surface area contributed by atoms with Crippen LogP contribution in [-0.2, 0) is 28.3 Å². The standard InChI is InChI=1S/C29H32ClFN2O2S/c1-2-3-17-32-29(35)27(18-22-11-5-4-6-12-22)33(19-23-13-8-10-16-26(23)31)28(34)21-36-20-24-14-7-9-15-25(24)30/h4-16,27H,2-3,17-21H2,1H3,(H,32,35). The molecule has 0 bridgehead atoms. The summed E-state index contributed by atoms with van der Waals surface area (Å²) >= 11 is 7.69. The van der Waals surface area contributed by atoms with Crippen molar-refractivity contribution in [3.8, 4) is 0 Å². The first kappa shape index (κ1) is 27.8. The zero-order chi connectivity index (χ0) is 25.8. The Labute approximate surface area is 222 Å². The van der Waals surface area contributed by atoms with E-state index in [1.807, 2.05) is 54.6 Å². The fourth-order valence-corrected chi connectivity index (χ4v) is 5.01. The van der Waals surface area contributed by atoms with E-state index >= 15 is 0 Å². The Balaban J connectivity index is 1.85. The fourth-order valence-electron chi connectivity index (χ4n) is 3.82. The number of carbonyl (C=O) groups excluding carboxylic acids is 2. The van der Waals surface area contributed by atoms with E-state index in [2.05, 4.69) is 12.2 Å². The fraction of sp³-hybridized carbons (Fsp3) is 0.310. The molecule has 0 radical (unpaired) electrons. The topological polar surface area (TPSA) is 49.4 Å². The van der Waals surface area contributed by atoms with Gasteiger partial charge in [-0.05, 0) is 29.7 Å². The molecule has 3 rings (SSSR count). The molecule has 3 aromatic carbocycles. The van der Waals surface area contributed by atoms with Gasteiger partial charge in [0.25, 0.3) is 0 Å². The van der Waals surface area contributed by atoms with Gasteiger partial charge in [0, 0.05) is 35.8 Å². The number of nitrogens with zero attached hydrogens (tertiary/aromatic N) is 1. The first-order chi connectivity index (χ1) is 17.5. The molecule has 1 N–H and O–H groups in total. The van der Waals surface area contributed by atoms with E-state index in [9.17, 15) is 14.0 Å². The molecule has 0 aliphatic rings. The molecule has 190 valence electrons. The van der Waals surface area contributed by atoms with Gasteiger partial charge in [0.15, 0.2) is 0 Å². The molecule has 1 unspecified atom stereocenters. The summed E-state index contributed by atoms with van der Waals surface area (Å²) in [5.41, 5.74) is 2.25. The minimum Gasteiger partial charge on any atom is -0.354 e. The number of halogens is 2. The summed E-state index contributed by atoms with van der Waals surface area (Å²) in [6, 6.07) is 22.7. The number of benzene rings is 3. The first-order valence-corrected chi connectivity index (χ1v) is 13.7. The summed E-state index contributed by atoms with van der Waals surface area (Å²) in [5, 5.41) is 3.63. The predicted octanol–water partition coefficient (Wildman–Crippen LogP) is 6.27. The van der Waals surface area contributed by atoms with Crippen molar-refractivity contribution in [2.45, 2.75) is 44.5 Å². The van der Waals surface area contributed by atoms with Gasteiger partial charge in [-0.2, -0.15) is 0 Å². The normalized spacial score (nSPS) is 11.6. The molecule has 0 saturated heterocycles. The van der Waals surface area contributed by atoms with Crippen LogP contribution in [0.4, 0.5) is 4.39 Å². The van der Waals surface area contributed by atoms with Gasteiger partial charge < -0.3 is 10.2 Å². The lowest BCUT2D eigenvalue weighted by Gasteiger charge is -2.31. The predicted molar refractivity (Wildman–Crippen MR) is 146 cm³/mol. The van der Waals surface area contributed by atoms with Crippen molar-refractivity contribution in [3.63, 3.8) is 0 Å². The average molecular weight is 527 g/mol. The highest BCUT2D eigenvalue weighted by atomic mass is 35.5. The van der Waals surface area contributed by atoms with Crippen LogP contribution in [0.25, 0.3) is 0 Å². The van der Waals surface area contributed by atoms with Gasteiger partial charge in [0.05, 0.1) is 5.75 Å².